The first-order valence-electron chi connectivity index (χ1n) is 9.68. The number of methoxy groups -OCH3 is 1. The number of ether oxygens (including phenoxy) is 1. The fraction of sp³-hybridized carbons (Fsp3) is 0.0417. The molecule has 0 aliphatic carbocycles. The molecule has 0 atom stereocenters. The van der Waals surface area contributed by atoms with Gasteiger partial charge < -0.3 is 4.74 Å². The summed E-state index contributed by atoms with van der Waals surface area (Å²) in [4.78, 5) is 11.9. The lowest BCUT2D eigenvalue weighted by molar-refractivity contribution is 0.0600. The van der Waals surface area contributed by atoms with Crippen LogP contribution in [0.3, 0.4) is 0 Å². The van der Waals surface area contributed by atoms with Gasteiger partial charge in [0.05, 0.1) is 29.2 Å². The molecule has 0 bridgehead atoms. The molecule has 7 nitrogen and oxygen atoms in total. The van der Waals surface area contributed by atoms with Gasteiger partial charge in [-0.05, 0) is 41.5 Å². The first-order valence-corrected chi connectivity index (χ1v) is 12.7. The Morgan fingerprint density at radius 2 is 1.21 bits per heavy atom. The number of hydrogen-bond donors (Lipinski definition) is 0. The average Bonchev–Trinajstić information content (AvgIpc) is 2.82. The number of carbonyl (C=O) groups is 1. The third-order valence-electron chi connectivity index (χ3n) is 4.40. The average molecular weight is 484 g/mol. The summed E-state index contributed by atoms with van der Waals surface area (Å²) in [6.45, 7) is 0. The second kappa shape index (κ2) is 10.3. The zero-order valence-corrected chi connectivity index (χ0v) is 19.2. The van der Waals surface area contributed by atoms with Crippen molar-refractivity contribution in [2.45, 2.75) is 0 Å². The summed E-state index contributed by atoms with van der Waals surface area (Å²) in [6.07, 6.45) is 2.59. The third kappa shape index (κ3) is 6.18. The van der Waals surface area contributed by atoms with Crippen LogP contribution >= 0.6 is 0 Å². The van der Waals surface area contributed by atoms with Gasteiger partial charge in [0.15, 0.2) is 0 Å². The Kier molecular flexibility index (Phi) is 7.47. The number of sulfonamides is 2. The Morgan fingerprint density at radius 3 is 1.67 bits per heavy atom. The van der Waals surface area contributed by atoms with Gasteiger partial charge in [-0.15, -0.1) is 0 Å². The minimum atomic E-state index is -4.52. The van der Waals surface area contributed by atoms with E-state index in [4.69, 9.17) is 0 Å². The molecule has 0 N–H and O–H groups in total. The van der Waals surface area contributed by atoms with Crippen LogP contribution in [0.25, 0.3) is 12.2 Å². The molecule has 0 amide bonds. The summed E-state index contributed by atoms with van der Waals surface area (Å²) in [5.41, 5.74) is 0.918. The number of benzene rings is 3. The fourth-order valence-corrected chi connectivity index (χ4v) is 6.02. The van der Waals surface area contributed by atoms with E-state index in [-0.39, 0.29) is 15.0 Å². The number of hydrogen-bond acceptors (Lipinski definition) is 6. The van der Waals surface area contributed by atoms with E-state index in [9.17, 15) is 21.6 Å². The van der Waals surface area contributed by atoms with Gasteiger partial charge in [0.25, 0.3) is 20.0 Å². The number of nitrogens with zero attached hydrogens (tertiary/aromatic N) is 1. The lowest BCUT2D eigenvalue weighted by atomic mass is 10.2. The highest BCUT2D eigenvalue weighted by Gasteiger charge is 2.31. The van der Waals surface area contributed by atoms with Crippen molar-refractivity contribution >= 4 is 43.9 Å². The van der Waals surface area contributed by atoms with Gasteiger partial charge >= 0.3 is 5.97 Å². The summed E-state index contributed by atoms with van der Waals surface area (Å²) >= 11 is 0. The van der Waals surface area contributed by atoms with Crippen molar-refractivity contribution in [3.8, 4) is 0 Å². The molecule has 9 heteroatoms. The minimum Gasteiger partial charge on any atom is -0.465 e. The van der Waals surface area contributed by atoms with Crippen molar-refractivity contribution < 1.29 is 26.4 Å². The molecule has 0 unspecified atom stereocenters. The molecule has 3 aromatic carbocycles. The van der Waals surface area contributed by atoms with Crippen LogP contribution in [0, 0.1) is 0 Å². The Balaban J connectivity index is 2.11. The SMILES string of the molecule is COC(=O)c1cccc(N(S(=O)(=O)/C=C/c2ccccc2)S(=O)(=O)/C=C/c2ccccc2)c1. The molecule has 0 aliphatic heterocycles. The van der Waals surface area contributed by atoms with E-state index in [1.54, 1.807) is 60.7 Å². The molecule has 33 heavy (non-hydrogen) atoms. The molecule has 0 fully saturated rings. The van der Waals surface area contributed by atoms with E-state index >= 15 is 0 Å². The van der Waals surface area contributed by atoms with Crippen molar-refractivity contribution in [2.75, 3.05) is 10.8 Å². The van der Waals surface area contributed by atoms with Gasteiger partial charge in [-0.1, -0.05) is 66.7 Å². The molecule has 0 saturated carbocycles. The quantitative estimate of drug-likeness (QED) is 0.444. The molecule has 170 valence electrons. The van der Waals surface area contributed by atoms with Crippen LogP contribution in [0.1, 0.15) is 21.5 Å². The van der Waals surface area contributed by atoms with Crippen LogP contribution in [0.15, 0.2) is 95.7 Å². The van der Waals surface area contributed by atoms with E-state index in [0.29, 0.717) is 11.1 Å². The van der Waals surface area contributed by atoms with Crippen molar-refractivity contribution in [3.63, 3.8) is 0 Å². The van der Waals surface area contributed by atoms with Crippen molar-refractivity contribution in [1.29, 1.82) is 0 Å². The maximum atomic E-state index is 13.2. The highest BCUT2D eigenvalue weighted by molar-refractivity contribution is 8.12. The van der Waals surface area contributed by atoms with Gasteiger partial charge in [-0.25, -0.2) is 21.6 Å². The Bertz CT molecular complexity index is 1300. The number of esters is 1. The molecule has 0 aliphatic rings. The van der Waals surface area contributed by atoms with E-state index in [1.807, 2.05) is 0 Å². The van der Waals surface area contributed by atoms with E-state index in [1.165, 1.54) is 37.5 Å². The lowest BCUT2D eigenvalue weighted by Crippen LogP contribution is -2.34. The fourth-order valence-electron chi connectivity index (χ4n) is 2.87. The summed E-state index contributed by atoms with van der Waals surface area (Å²) < 4.78 is 57.8. The second-order valence-electron chi connectivity index (χ2n) is 6.76. The van der Waals surface area contributed by atoms with E-state index in [0.717, 1.165) is 16.9 Å². The molecule has 3 aromatic rings. The monoisotopic (exact) mass is 483 g/mol. The number of carbonyl (C=O) groups excluding carboxylic acids is 1. The first kappa shape index (κ1) is 24.0. The van der Waals surface area contributed by atoms with Crippen LogP contribution in [-0.2, 0) is 24.8 Å². The standard InChI is InChI=1S/C24H21NO6S2/c1-31-24(26)22-13-8-14-23(19-22)25(32(27,28)17-15-20-9-4-2-5-10-20)33(29,30)18-16-21-11-6-3-7-12-21/h2-19H,1H3/b17-15+,18-16+. The Hall–Kier alpha value is -3.69. The van der Waals surface area contributed by atoms with Crippen molar-refractivity contribution in [2.24, 2.45) is 0 Å². The molecular weight excluding hydrogens is 462 g/mol. The van der Waals surface area contributed by atoms with E-state index in [2.05, 4.69) is 4.74 Å². The smallest absolute Gasteiger partial charge is 0.337 e. The predicted octanol–water partition coefficient (Wildman–Crippen LogP) is 4.28. The van der Waals surface area contributed by atoms with Gasteiger partial charge in [0, 0.05) is 0 Å². The highest BCUT2D eigenvalue weighted by atomic mass is 32.3. The van der Waals surface area contributed by atoms with Crippen LogP contribution in [0.2, 0.25) is 0 Å². The highest BCUT2D eigenvalue weighted by Crippen LogP contribution is 2.26. The molecule has 0 heterocycles. The molecule has 0 radical (unpaired) electrons. The molecule has 3 rings (SSSR count). The van der Waals surface area contributed by atoms with Crippen LogP contribution in [0.5, 0.6) is 0 Å². The van der Waals surface area contributed by atoms with Crippen LogP contribution < -0.4 is 3.71 Å². The largest absolute Gasteiger partial charge is 0.465 e. The molecule has 0 saturated heterocycles. The molecular formula is C24H21NO6S2. The summed E-state index contributed by atoms with van der Waals surface area (Å²) in [5.74, 6) is -0.730. The maximum absolute atomic E-state index is 13.2. The summed E-state index contributed by atoms with van der Waals surface area (Å²) in [5, 5.41) is 1.61. The predicted molar refractivity (Wildman–Crippen MR) is 129 cm³/mol. The maximum Gasteiger partial charge on any atom is 0.337 e. The van der Waals surface area contributed by atoms with E-state index < -0.39 is 26.0 Å². The Morgan fingerprint density at radius 1 is 0.727 bits per heavy atom. The number of anilines is 1. The minimum absolute atomic E-state index is 0.00415. The van der Waals surface area contributed by atoms with Gasteiger partial charge in [0.1, 0.15) is 0 Å². The van der Waals surface area contributed by atoms with Crippen LogP contribution in [-0.4, -0.2) is 29.9 Å². The number of rotatable bonds is 8. The summed E-state index contributed by atoms with van der Waals surface area (Å²) in [6, 6.07) is 22.4. The van der Waals surface area contributed by atoms with Crippen molar-refractivity contribution in [3.05, 3.63) is 112 Å². The second-order valence-corrected chi connectivity index (χ2v) is 10.3. The van der Waals surface area contributed by atoms with Gasteiger partial charge in [0.2, 0.25) is 0 Å². The van der Waals surface area contributed by atoms with Gasteiger partial charge in [-0.2, -0.15) is 3.71 Å². The molecule has 0 spiro atoms. The zero-order chi connectivity index (χ0) is 23.9. The topological polar surface area (TPSA) is 97.8 Å². The third-order valence-corrected chi connectivity index (χ3v) is 7.96. The normalized spacial score (nSPS) is 12.2. The first-order chi connectivity index (χ1) is 15.7. The lowest BCUT2D eigenvalue weighted by Gasteiger charge is -2.21. The summed E-state index contributed by atoms with van der Waals surface area (Å²) in [7, 11) is -7.87. The zero-order valence-electron chi connectivity index (χ0n) is 17.6. The van der Waals surface area contributed by atoms with Gasteiger partial charge in [-0.3, -0.25) is 0 Å². The van der Waals surface area contributed by atoms with Crippen LogP contribution in [0.4, 0.5) is 5.69 Å². The Labute approximate surface area is 193 Å². The molecule has 0 aromatic heterocycles. The van der Waals surface area contributed by atoms with Crippen molar-refractivity contribution in [1.82, 2.24) is 0 Å².